The van der Waals surface area contributed by atoms with E-state index in [1.54, 1.807) is 7.11 Å². The highest BCUT2D eigenvalue weighted by molar-refractivity contribution is 6.07. The molecule has 0 atom stereocenters. The Balaban J connectivity index is 1.46. The second-order valence-electron chi connectivity index (χ2n) is 8.14. The lowest BCUT2D eigenvalue weighted by Gasteiger charge is -2.33. The largest absolute Gasteiger partial charge is 0.385 e. The lowest BCUT2D eigenvalue weighted by Crippen LogP contribution is -2.35. The van der Waals surface area contributed by atoms with Crippen LogP contribution >= 0.6 is 0 Å². The Morgan fingerprint density at radius 2 is 1.74 bits per heavy atom. The van der Waals surface area contributed by atoms with Crippen LogP contribution in [0.2, 0.25) is 0 Å². The van der Waals surface area contributed by atoms with Gasteiger partial charge in [-0.1, -0.05) is 54.6 Å². The monoisotopic (exact) mass is 418 g/mol. The maximum atomic E-state index is 12.7. The van der Waals surface area contributed by atoms with Gasteiger partial charge in [-0.2, -0.15) is 0 Å². The predicted octanol–water partition coefficient (Wildman–Crippen LogP) is 3.86. The first-order chi connectivity index (χ1) is 15.3. The number of rotatable bonds is 8. The van der Waals surface area contributed by atoms with Crippen molar-refractivity contribution in [1.29, 1.82) is 0 Å². The van der Waals surface area contributed by atoms with Crippen LogP contribution in [0.3, 0.4) is 0 Å². The normalized spacial score (nSPS) is 14.7. The van der Waals surface area contributed by atoms with E-state index in [-0.39, 0.29) is 5.91 Å². The second kappa shape index (κ2) is 10.4. The van der Waals surface area contributed by atoms with E-state index in [0.717, 1.165) is 55.4 Å². The Morgan fingerprint density at radius 1 is 1.03 bits per heavy atom. The van der Waals surface area contributed by atoms with Crippen molar-refractivity contribution in [2.75, 3.05) is 38.3 Å². The number of methoxy groups -OCH3 is 1. The first kappa shape index (κ1) is 21.2. The minimum atomic E-state index is -0.187. The van der Waals surface area contributed by atoms with E-state index >= 15 is 0 Å². The molecule has 162 valence electrons. The van der Waals surface area contributed by atoms with Crippen LogP contribution in [0.5, 0.6) is 0 Å². The minimum absolute atomic E-state index is 0.187. The fourth-order valence-corrected chi connectivity index (χ4v) is 4.29. The van der Waals surface area contributed by atoms with Crippen LogP contribution in [0.1, 0.15) is 35.3 Å². The highest BCUT2D eigenvalue weighted by Crippen LogP contribution is 2.30. The van der Waals surface area contributed by atoms with Crippen LogP contribution in [-0.2, 0) is 11.2 Å². The maximum Gasteiger partial charge on any atom is 0.272 e. The second-order valence-corrected chi connectivity index (χ2v) is 8.14. The number of hydrogen-bond acceptors (Lipinski definition) is 5. The van der Waals surface area contributed by atoms with Gasteiger partial charge in [0.15, 0.2) is 11.5 Å². The van der Waals surface area contributed by atoms with Crippen LogP contribution in [0, 0.1) is 5.92 Å². The molecule has 0 unspecified atom stereocenters. The molecule has 0 bridgehead atoms. The third kappa shape index (κ3) is 5.20. The van der Waals surface area contributed by atoms with Gasteiger partial charge in [-0.05, 0) is 37.2 Å². The van der Waals surface area contributed by atoms with Crippen molar-refractivity contribution in [2.24, 2.45) is 5.92 Å². The Kier molecular flexibility index (Phi) is 7.10. The topological polar surface area (TPSA) is 67.3 Å². The number of carbonyl (C=O) groups excluding carboxylic acids is 1. The Hall–Kier alpha value is -2.99. The molecule has 1 aromatic heterocycles. The average Bonchev–Trinajstić information content (AvgIpc) is 2.82. The van der Waals surface area contributed by atoms with Gasteiger partial charge in [0.2, 0.25) is 0 Å². The van der Waals surface area contributed by atoms with Gasteiger partial charge < -0.3 is 15.0 Å². The summed E-state index contributed by atoms with van der Waals surface area (Å²) < 4.78 is 5.04. The average molecular weight is 419 g/mol. The number of fused-ring (bicyclic) bond motifs is 1. The molecule has 2 heterocycles. The molecule has 1 aliphatic rings. The number of nitrogens with zero attached hydrogens (tertiary/aromatic N) is 3. The zero-order valence-electron chi connectivity index (χ0n) is 18.1. The van der Waals surface area contributed by atoms with Gasteiger partial charge >= 0.3 is 0 Å². The highest BCUT2D eigenvalue weighted by Gasteiger charge is 2.23. The predicted molar refractivity (Wildman–Crippen MR) is 123 cm³/mol. The molecule has 1 aliphatic heterocycles. The number of benzene rings is 2. The van der Waals surface area contributed by atoms with Crippen LogP contribution in [0.4, 0.5) is 5.82 Å². The van der Waals surface area contributed by atoms with Crippen molar-refractivity contribution >= 4 is 22.5 Å². The third-order valence-electron chi connectivity index (χ3n) is 5.97. The molecule has 1 saturated heterocycles. The molecule has 0 radical (unpaired) electrons. The Labute approximate surface area is 183 Å². The molecular formula is C25H30N4O2. The van der Waals surface area contributed by atoms with Crippen LogP contribution in [-0.4, -0.2) is 49.5 Å². The van der Waals surface area contributed by atoms with Crippen molar-refractivity contribution in [3.63, 3.8) is 0 Å². The molecule has 0 aliphatic carbocycles. The molecule has 2 aromatic carbocycles. The van der Waals surface area contributed by atoms with E-state index in [4.69, 9.17) is 4.74 Å². The molecule has 0 saturated carbocycles. The lowest BCUT2D eigenvalue weighted by molar-refractivity contribution is 0.0944. The van der Waals surface area contributed by atoms with E-state index in [2.05, 4.69) is 50.7 Å². The van der Waals surface area contributed by atoms with Gasteiger partial charge in [-0.15, -0.1) is 10.2 Å². The summed E-state index contributed by atoms with van der Waals surface area (Å²) in [6.45, 7) is 3.09. The van der Waals surface area contributed by atoms with Gasteiger partial charge in [0, 0.05) is 44.1 Å². The summed E-state index contributed by atoms with van der Waals surface area (Å²) in [6.07, 6.45) is 4.16. The summed E-state index contributed by atoms with van der Waals surface area (Å²) in [4.78, 5) is 15.0. The highest BCUT2D eigenvalue weighted by atomic mass is 16.5. The molecular weight excluding hydrogens is 388 g/mol. The van der Waals surface area contributed by atoms with Crippen LogP contribution in [0.25, 0.3) is 10.8 Å². The van der Waals surface area contributed by atoms with Gasteiger partial charge in [0.1, 0.15) is 0 Å². The molecule has 31 heavy (non-hydrogen) atoms. The van der Waals surface area contributed by atoms with E-state index in [1.165, 1.54) is 5.56 Å². The van der Waals surface area contributed by atoms with E-state index < -0.39 is 0 Å². The fourth-order valence-electron chi connectivity index (χ4n) is 4.29. The number of hydrogen-bond donors (Lipinski definition) is 1. The lowest BCUT2D eigenvalue weighted by atomic mass is 9.90. The maximum absolute atomic E-state index is 12.7. The molecule has 1 fully saturated rings. The van der Waals surface area contributed by atoms with Crippen molar-refractivity contribution < 1.29 is 9.53 Å². The summed E-state index contributed by atoms with van der Waals surface area (Å²) in [5.74, 6) is 1.38. The van der Waals surface area contributed by atoms with E-state index in [9.17, 15) is 4.79 Å². The molecule has 1 amide bonds. The van der Waals surface area contributed by atoms with Gasteiger partial charge in [0.25, 0.3) is 5.91 Å². The number of amides is 1. The fraction of sp³-hybridized carbons (Fsp3) is 0.400. The summed E-state index contributed by atoms with van der Waals surface area (Å²) in [5, 5.41) is 13.6. The molecule has 6 nitrogen and oxygen atoms in total. The van der Waals surface area contributed by atoms with E-state index in [0.29, 0.717) is 24.8 Å². The molecule has 3 aromatic rings. The van der Waals surface area contributed by atoms with Crippen molar-refractivity contribution in [3.05, 3.63) is 65.9 Å². The number of carbonyl (C=O) groups is 1. The minimum Gasteiger partial charge on any atom is -0.385 e. The van der Waals surface area contributed by atoms with Gasteiger partial charge in [-0.25, -0.2) is 0 Å². The standard InChI is InChI=1S/C25H30N4O2/c1-31-17-7-14-26-25(30)23-21-10-5-6-11-22(21)24(28-27-23)29-15-12-20(13-16-29)18-19-8-3-2-4-9-19/h2-6,8-11,20H,7,12-18H2,1H3,(H,26,30). The van der Waals surface area contributed by atoms with Crippen molar-refractivity contribution in [3.8, 4) is 0 Å². The SMILES string of the molecule is COCCCNC(=O)c1nnc(N2CCC(Cc3ccccc3)CC2)c2ccccc12. The number of nitrogens with one attached hydrogen (secondary N) is 1. The summed E-state index contributed by atoms with van der Waals surface area (Å²) in [5.41, 5.74) is 1.79. The molecule has 0 spiro atoms. The van der Waals surface area contributed by atoms with Crippen molar-refractivity contribution in [2.45, 2.75) is 25.7 Å². The molecule has 4 rings (SSSR count). The molecule has 6 heteroatoms. The number of piperidine rings is 1. The summed E-state index contributed by atoms with van der Waals surface area (Å²) >= 11 is 0. The first-order valence-corrected chi connectivity index (χ1v) is 11.1. The number of anilines is 1. The molecule has 1 N–H and O–H groups in total. The Bertz CT molecular complexity index is 1000. The summed E-state index contributed by atoms with van der Waals surface area (Å²) in [6, 6.07) is 18.7. The smallest absolute Gasteiger partial charge is 0.272 e. The first-order valence-electron chi connectivity index (χ1n) is 11.1. The third-order valence-corrected chi connectivity index (χ3v) is 5.97. The van der Waals surface area contributed by atoms with Crippen molar-refractivity contribution in [1.82, 2.24) is 15.5 Å². The zero-order chi connectivity index (χ0) is 21.5. The van der Waals surface area contributed by atoms with Gasteiger partial charge in [-0.3, -0.25) is 4.79 Å². The van der Waals surface area contributed by atoms with Crippen LogP contribution in [0.15, 0.2) is 54.6 Å². The quantitative estimate of drug-likeness (QED) is 0.563. The number of aromatic nitrogens is 2. The van der Waals surface area contributed by atoms with E-state index in [1.807, 2.05) is 24.3 Å². The number of ether oxygens (including phenoxy) is 1. The van der Waals surface area contributed by atoms with Gasteiger partial charge in [0.05, 0.1) is 0 Å². The summed E-state index contributed by atoms with van der Waals surface area (Å²) in [7, 11) is 1.66. The van der Waals surface area contributed by atoms with Crippen LogP contribution < -0.4 is 10.2 Å². The zero-order valence-corrected chi connectivity index (χ0v) is 18.1. The Morgan fingerprint density at radius 3 is 2.48 bits per heavy atom.